The fourth-order valence-electron chi connectivity index (χ4n) is 4.19. The summed E-state index contributed by atoms with van der Waals surface area (Å²) >= 11 is 3.84. The Labute approximate surface area is 194 Å². The zero-order valence-corrected chi connectivity index (χ0v) is 19.2. The molecule has 160 valence electrons. The molecule has 2 heterocycles. The Morgan fingerprint density at radius 3 is 2.56 bits per heavy atom. The number of hydrogen-bond acceptors (Lipinski definition) is 3. The van der Waals surface area contributed by atoms with E-state index in [2.05, 4.69) is 67.2 Å². The molecule has 0 bridgehead atoms. The lowest BCUT2D eigenvalue weighted by Crippen LogP contribution is -2.15. The molecule has 0 aliphatic carbocycles. The lowest BCUT2D eigenvalue weighted by molar-refractivity contribution is -0.110. The second kappa shape index (κ2) is 8.63. The molecule has 1 aromatic heterocycles. The summed E-state index contributed by atoms with van der Waals surface area (Å²) < 4.78 is 8.60. The van der Waals surface area contributed by atoms with E-state index >= 15 is 0 Å². The molecule has 0 radical (unpaired) electrons. The van der Waals surface area contributed by atoms with Gasteiger partial charge in [-0.3, -0.25) is 9.79 Å². The van der Waals surface area contributed by atoms with E-state index < -0.39 is 0 Å². The molecular weight excluding hydrogens is 466 g/mol. The molecule has 3 aromatic carbocycles. The van der Waals surface area contributed by atoms with Crippen LogP contribution in [0.4, 0.5) is 5.69 Å². The highest BCUT2D eigenvalue weighted by atomic mass is 79.9. The smallest absolute Gasteiger partial charge is 0.274 e. The number of fused-ring (bicyclic) bond motifs is 2. The third-order valence-corrected chi connectivity index (χ3v) is 6.69. The molecule has 1 aliphatic rings. The highest BCUT2D eigenvalue weighted by Crippen LogP contribution is 2.32. The minimum absolute atomic E-state index is 0.132. The van der Waals surface area contributed by atoms with E-state index in [9.17, 15) is 4.79 Å². The number of methoxy groups -OCH3 is 1. The first kappa shape index (κ1) is 20.5. The number of amides is 1. The van der Waals surface area contributed by atoms with Gasteiger partial charge in [-0.2, -0.15) is 0 Å². The van der Waals surface area contributed by atoms with Gasteiger partial charge in [0.25, 0.3) is 5.91 Å². The van der Waals surface area contributed by atoms with E-state index in [1.807, 2.05) is 36.4 Å². The SMILES string of the molecule is COc1ccc(Cn2c(Br)c(CCN=C3C(=O)Nc4ccccc43)c3ccccc32)cc1. The van der Waals surface area contributed by atoms with Crippen molar-refractivity contribution < 1.29 is 9.53 Å². The van der Waals surface area contributed by atoms with E-state index in [4.69, 9.17) is 4.74 Å². The van der Waals surface area contributed by atoms with Crippen molar-refractivity contribution in [1.82, 2.24) is 4.57 Å². The van der Waals surface area contributed by atoms with Gasteiger partial charge in [-0.25, -0.2) is 0 Å². The van der Waals surface area contributed by atoms with E-state index in [1.54, 1.807) is 7.11 Å². The van der Waals surface area contributed by atoms with Crippen LogP contribution in [0.15, 0.2) is 82.4 Å². The molecule has 32 heavy (non-hydrogen) atoms. The van der Waals surface area contributed by atoms with Crippen LogP contribution in [0.2, 0.25) is 0 Å². The summed E-state index contributed by atoms with van der Waals surface area (Å²) in [5.41, 5.74) is 5.77. The number of nitrogens with zero attached hydrogens (tertiary/aromatic N) is 2. The fourth-order valence-corrected chi connectivity index (χ4v) is 4.92. The van der Waals surface area contributed by atoms with Crippen LogP contribution in [0, 0.1) is 0 Å². The lowest BCUT2D eigenvalue weighted by Gasteiger charge is -2.09. The van der Waals surface area contributed by atoms with Crippen LogP contribution in [-0.4, -0.2) is 29.8 Å². The summed E-state index contributed by atoms with van der Waals surface area (Å²) in [7, 11) is 1.68. The van der Waals surface area contributed by atoms with Gasteiger partial charge in [0, 0.05) is 29.6 Å². The van der Waals surface area contributed by atoms with Gasteiger partial charge in [-0.05, 0) is 57.7 Å². The summed E-state index contributed by atoms with van der Waals surface area (Å²) in [6.07, 6.45) is 0.732. The Bertz CT molecular complexity index is 1340. The van der Waals surface area contributed by atoms with Crippen LogP contribution in [0.3, 0.4) is 0 Å². The summed E-state index contributed by atoms with van der Waals surface area (Å²) in [4.78, 5) is 17.0. The lowest BCUT2D eigenvalue weighted by atomic mass is 10.1. The van der Waals surface area contributed by atoms with Crippen LogP contribution in [-0.2, 0) is 17.8 Å². The van der Waals surface area contributed by atoms with Gasteiger partial charge in [0.2, 0.25) is 0 Å². The summed E-state index contributed by atoms with van der Waals surface area (Å²) in [6, 6.07) is 24.2. The topological polar surface area (TPSA) is 55.6 Å². The third kappa shape index (κ3) is 3.71. The average molecular weight is 488 g/mol. The van der Waals surface area contributed by atoms with Gasteiger partial charge in [-0.15, -0.1) is 0 Å². The van der Waals surface area contributed by atoms with Crippen LogP contribution >= 0.6 is 15.9 Å². The van der Waals surface area contributed by atoms with E-state index in [0.717, 1.165) is 34.6 Å². The monoisotopic (exact) mass is 487 g/mol. The predicted octanol–water partition coefficient (Wildman–Crippen LogP) is 5.44. The Morgan fingerprint density at radius 1 is 1.00 bits per heavy atom. The average Bonchev–Trinajstić information content (AvgIpc) is 3.28. The number of rotatable bonds is 6. The van der Waals surface area contributed by atoms with Crippen molar-refractivity contribution in [3.8, 4) is 5.75 Å². The molecule has 0 saturated carbocycles. The van der Waals surface area contributed by atoms with Gasteiger partial charge in [0.15, 0.2) is 0 Å². The zero-order chi connectivity index (χ0) is 22.1. The molecule has 6 heteroatoms. The number of anilines is 1. The number of aliphatic imine (C=N–C) groups is 1. The summed E-state index contributed by atoms with van der Waals surface area (Å²) in [5.74, 6) is 0.717. The first-order chi connectivity index (χ1) is 15.7. The third-order valence-electron chi connectivity index (χ3n) is 5.78. The maximum Gasteiger partial charge on any atom is 0.274 e. The van der Waals surface area contributed by atoms with Gasteiger partial charge in [0.05, 0.1) is 17.4 Å². The predicted molar refractivity (Wildman–Crippen MR) is 132 cm³/mol. The fraction of sp³-hybridized carbons (Fsp3) is 0.154. The highest BCUT2D eigenvalue weighted by Gasteiger charge is 2.25. The number of halogens is 1. The summed E-state index contributed by atoms with van der Waals surface area (Å²) in [5, 5.41) is 4.08. The minimum atomic E-state index is -0.132. The molecule has 0 unspecified atom stereocenters. The number of carbonyl (C=O) groups excluding carboxylic acids is 1. The molecule has 5 rings (SSSR count). The first-order valence-corrected chi connectivity index (χ1v) is 11.3. The van der Waals surface area contributed by atoms with Crippen LogP contribution in [0.1, 0.15) is 16.7 Å². The van der Waals surface area contributed by atoms with Crippen LogP contribution in [0.25, 0.3) is 10.9 Å². The number of hydrogen-bond donors (Lipinski definition) is 1. The first-order valence-electron chi connectivity index (χ1n) is 10.5. The standard InChI is InChI=1S/C26H22BrN3O2/c1-32-18-12-10-17(11-13-18)16-30-23-9-5-3-6-19(23)20(25(30)27)14-15-28-24-21-7-2-4-8-22(21)29-26(24)31/h2-13H,14-16H2,1H3,(H,28,29,31). The molecule has 5 nitrogen and oxygen atoms in total. The molecule has 1 N–H and O–H groups in total. The Morgan fingerprint density at radius 2 is 1.75 bits per heavy atom. The zero-order valence-electron chi connectivity index (χ0n) is 17.6. The van der Waals surface area contributed by atoms with Crippen molar-refractivity contribution in [2.75, 3.05) is 19.0 Å². The molecule has 0 fully saturated rings. The van der Waals surface area contributed by atoms with Crippen molar-refractivity contribution >= 4 is 44.1 Å². The Balaban J connectivity index is 1.43. The summed E-state index contributed by atoms with van der Waals surface area (Å²) in [6.45, 7) is 1.28. The molecule has 1 amide bonds. The number of carbonyl (C=O) groups is 1. The van der Waals surface area contributed by atoms with Crippen molar-refractivity contribution in [1.29, 1.82) is 0 Å². The van der Waals surface area contributed by atoms with E-state index in [1.165, 1.54) is 22.0 Å². The second-order valence-electron chi connectivity index (χ2n) is 7.70. The van der Waals surface area contributed by atoms with Gasteiger partial charge in [0.1, 0.15) is 11.5 Å². The Hall–Kier alpha value is -3.38. The number of benzene rings is 3. The normalized spacial score (nSPS) is 14.1. The number of ether oxygens (including phenoxy) is 1. The van der Waals surface area contributed by atoms with Crippen LogP contribution in [0.5, 0.6) is 5.75 Å². The van der Waals surface area contributed by atoms with E-state index in [0.29, 0.717) is 12.3 Å². The molecule has 0 atom stereocenters. The Kier molecular flexibility index (Phi) is 5.53. The van der Waals surface area contributed by atoms with Gasteiger partial charge < -0.3 is 14.6 Å². The number of aromatic nitrogens is 1. The van der Waals surface area contributed by atoms with Crippen molar-refractivity contribution in [3.05, 3.63) is 94.1 Å². The second-order valence-corrected chi connectivity index (χ2v) is 8.45. The van der Waals surface area contributed by atoms with Gasteiger partial charge in [-0.1, -0.05) is 48.5 Å². The number of para-hydroxylation sites is 2. The maximum atomic E-state index is 12.3. The van der Waals surface area contributed by atoms with Gasteiger partial charge >= 0.3 is 0 Å². The molecule has 0 saturated heterocycles. The molecule has 0 spiro atoms. The van der Waals surface area contributed by atoms with Crippen molar-refractivity contribution in [2.24, 2.45) is 4.99 Å². The number of nitrogens with one attached hydrogen (secondary N) is 1. The van der Waals surface area contributed by atoms with E-state index in [-0.39, 0.29) is 5.91 Å². The highest BCUT2D eigenvalue weighted by molar-refractivity contribution is 9.10. The van der Waals surface area contributed by atoms with Crippen LogP contribution < -0.4 is 10.1 Å². The molecular formula is C26H22BrN3O2. The minimum Gasteiger partial charge on any atom is -0.497 e. The molecule has 1 aliphatic heterocycles. The quantitative estimate of drug-likeness (QED) is 0.393. The molecule has 4 aromatic rings. The van der Waals surface area contributed by atoms with Crippen molar-refractivity contribution in [3.63, 3.8) is 0 Å². The van der Waals surface area contributed by atoms with Crippen molar-refractivity contribution in [2.45, 2.75) is 13.0 Å². The maximum absolute atomic E-state index is 12.3. The largest absolute Gasteiger partial charge is 0.497 e.